The fraction of sp³-hybridized carbons (Fsp3) is 0.176. The largest absolute Gasteiger partial charge is 0.497 e. The average Bonchev–Trinajstić information content (AvgIpc) is 3.22. The number of rotatable bonds is 4. The van der Waals surface area contributed by atoms with Gasteiger partial charge in [0, 0.05) is 6.07 Å². The van der Waals surface area contributed by atoms with E-state index in [-0.39, 0.29) is 5.52 Å². The Morgan fingerprint density at radius 1 is 0.926 bits per heavy atom. The summed E-state index contributed by atoms with van der Waals surface area (Å²) in [6.07, 6.45) is -4.45. The summed E-state index contributed by atoms with van der Waals surface area (Å²) in [5, 5.41) is 3.84. The number of hydrogen-bond donors (Lipinski definition) is 1. The van der Waals surface area contributed by atoms with E-state index in [1.807, 2.05) is 6.07 Å². The molecule has 0 atom stereocenters. The van der Waals surface area contributed by atoms with Crippen LogP contribution < -0.4 is 14.8 Å². The van der Waals surface area contributed by atoms with Crippen LogP contribution in [0.15, 0.2) is 30.3 Å². The Balaban J connectivity index is 1.74. The van der Waals surface area contributed by atoms with Gasteiger partial charge >= 0.3 is 6.18 Å². The maximum Gasteiger partial charge on any atom is 0.418 e. The van der Waals surface area contributed by atoms with E-state index in [2.05, 4.69) is 15.3 Å². The third-order valence-electron chi connectivity index (χ3n) is 3.83. The molecule has 10 heteroatoms. The quantitative estimate of drug-likeness (QED) is 0.468. The molecule has 1 N–H and O–H groups in total. The standard InChI is InChI=1S/C17H12F3N3O2S2/c1-24-8-6-10(25-2)14-12(7-8)27-16(22-14)23-15-21-13-9(17(18,19)20)4-3-5-11(13)26-15/h3-7H,1-2H3,(H,21,22,23). The third-order valence-corrected chi connectivity index (χ3v) is 5.68. The van der Waals surface area contributed by atoms with E-state index in [4.69, 9.17) is 9.47 Å². The van der Waals surface area contributed by atoms with Crippen LogP contribution in [0.3, 0.4) is 0 Å². The van der Waals surface area contributed by atoms with Gasteiger partial charge < -0.3 is 14.8 Å². The molecular weight excluding hydrogens is 399 g/mol. The number of methoxy groups -OCH3 is 2. The van der Waals surface area contributed by atoms with Crippen molar-refractivity contribution in [1.82, 2.24) is 9.97 Å². The van der Waals surface area contributed by atoms with E-state index < -0.39 is 11.7 Å². The molecule has 0 aliphatic carbocycles. The van der Waals surface area contributed by atoms with Crippen LogP contribution in [-0.2, 0) is 6.18 Å². The highest BCUT2D eigenvalue weighted by molar-refractivity contribution is 7.24. The summed E-state index contributed by atoms with van der Waals surface area (Å²) >= 11 is 2.47. The van der Waals surface area contributed by atoms with Crippen LogP contribution in [0.2, 0.25) is 0 Å². The highest BCUT2D eigenvalue weighted by atomic mass is 32.1. The minimum absolute atomic E-state index is 0.0714. The van der Waals surface area contributed by atoms with Crippen molar-refractivity contribution in [1.29, 1.82) is 0 Å². The van der Waals surface area contributed by atoms with Crippen LogP contribution in [-0.4, -0.2) is 24.2 Å². The maximum absolute atomic E-state index is 13.2. The van der Waals surface area contributed by atoms with E-state index in [1.54, 1.807) is 19.2 Å². The summed E-state index contributed by atoms with van der Waals surface area (Å²) in [5.41, 5.74) is -0.180. The van der Waals surface area contributed by atoms with Gasteiger partial charge in [-0.3, -0.25) is 0 Å². The number of nitrogens with one attached hydrogen (secondary N) is 1. The summed E-state index contributed by atoms with van der Waals surface area (Å²) in [5.74, 6) is 1.18. The Morgan fingerprint density at radius 3 is 2.30 bits per heavy atom. The number of halogens is 3. The van der Waals surface area contributed by atoms with Crippen LogP contribution in [0, 0.1) is 0 Å². The van der Waals surface area contributed by atoms with Crippen molar-refractivity contribution in [3.8, 4) is 11.5 Å². The number of aromatic nitrogens is 2. The zero-order chi connectivity index (χ0) is 19.2. The minimum atomic E-state index is -4.45. The van der Waals surface area contributed by atoms with Gasteiger partial charge in [-0.25, -0.2) is 9.97 Å². The van der Waals surface area contributed by atoms with Gasteiger partial charge in [-0.1, -0.05) is 28.7 Å². The highest BCUT2D eigenvalue weighted by Crippen LogP contribution is 2.40. The molecule has 5 nitrogen and oxygen atoms in total. The lowest BCUT2D eigenvalue weighted by Gasteiger charge is -2.05. The van der Waals surface area contributed by atoms with Gasteiger partial charge in [0.2, 0.25) is 0 Å². The van der Waals surface area contributed by atoms with Crippen LogP contribution in [0.5, 0.6) is 11.5 Å². The number of fused-ring (bicyclic) bond motifs is 2. The third kappa shape index (κ3) is 3.26. The monoisotopic (exact) mass is 411 g/mol. The predicted octanol–water partition coefficient (Wildman–Crippen LogP) is 5.69. The van der Waals surface area contributed by atoms with E-state index in [0.717, 1.165) is 22.1 Å². The molecule has 0 radical (unpaired) electrons. The number of nitrogens with zero attached hydrogens (tertiary/aromatic N) is 2. The molecule has 0 fully saturated rings. The summed E-state index contributed by atoms with van der Waals surface area (Å²) in [4.78, 5) is 8.59. The number of hydrogen-bond acceptors (Lipinski definition) is 7. The Labute approximate surface area is 159 Å². The van der Waals surface area contributed by atoms with Crippen LogP contribution in [0.25, 0.3) is 20.4 Å². The maximum atomic E-state index is 13.2. The first-order chi connectivity index (χ1) is 12.9. The van der Waals surface area contributed by atoms with Crippen molar-refractivity contribution in [2.45, 2.75) is 6.18 Å². The number of anilines is 2. The van der Waals surface area contributed by atoms with Crippen molar-refractivity contribution in [2.75, 3.05) is 19.5 Å². The molecule has 0 saturated heterocycles. The molecule has 4 rings (SSSR count). The molecule has 140 valence electrons. The summed E-state index contributed by atoms with van der Waals surface area (Å²) in [6.45, 7) is 0. The Morgan fingerprint density at radius 2 is 1.63 bits per heavy atom. The van der Waals surface area contributed by atoms with Crippen molar-refractivity contribution < 1.29 is 22.6 Å². The number of benzene rings is 2. The SMILES string of the molecule is COc1cc(OC)c2nc(Nc3nc4c(C(F)(F)F)cccc4s3)sc2c1. The molecule has 2 aromatic carbocycles. The molecule has 0 aliphatic heterocycles. The molecule has 27 heavy (non-hydrogen) atoms. The second-order valence-corrected chi connectivity index (χ2v) is 7.55. The van der Waals surface area contributed by atoms with E-state index in [1.165, 1.54) is 24.5 Å². The Hall–Kier alpha value is -2.59. The van der Waals surface area contributed by atoms with Crippen molar-refractivity contribution >= 4 is 53.4 Å². The smallest absolute Gasteiger partial charge is 0.418 e. The normalized spacial score (nSPS) is 11.9. The lowest BCUT2D eigenvalue weighted by molar-refractivity contribution is -0.136. The van der Waals surface area contributed by atoms with Gasteiger partial charge in [0.25, 0.3) is 0 Å². The Kier molecular flexibility index (Phi) is 4.31. The molecular formula is C17H12F3N3O2S2. The van der Waals surface area contributed by atoms with Gasteiger partial charge in [-0.15, -0.1) is 0 Å². The first-order valence-electron chi connectivity index (χ1n) is 7.65. The predicted molar refractivity (Wildman–Crippen MR) is 101 cm³/mol. The van der Waals surface area contributed by atoms with E-state index in [9.17, 15) is 13.2 Å². The molecule has 2 heterocycles. The lowest BCUT2D eigenvalue weighted by Crippen LogP contribution is -2.05. The minimum Gasteiger partial charge on any atom is -0.497 e. The fourth-order valence-electron chi connectivity index (χ4n) is 2.62. The zero-order valence-corrected chi connectivity index (χ0v) is 15.7. The molecule has 0 spiro atoms. The molecule has 0 amide bonds. The molecule has 2 aromatic heterocycles. The summed E-state index contributed by atoms with van der Waals surface area (Å²) in [6, 6.07) is 7.56. The van der Waals surface area contributed by atoms with Crippen LogP contribution in [0.1, 0.15) is 5.56 Å². The number of ether oxygens (including phenoxy) is 2. The molecule has 0 aliphatic rings. The molecule has 4 aromatic rings. The Bertz CT molecular complexity index is 1140. The van der Waals surface area contributed by atoms with Crippen molar-refractivity contribution in [3.05, 3.63) is 35.9 Å². The molecule has 0 unspecified atom stereocenters. The van der Waals surface area contributed by atoms with Gasteiger partial charge in [0.05, 0.1) is 34.7 Å². The van der Waals surface area contributed by atoms with E-state index >= 15 is 0 Å². The highest BCUT2D eigenvalue weighted by Gasteiger charge is 2.33. The second-order valence-electron chi connectivity index (χ2n) is 5.49. The number of thiazole rings is 2. The number of para-hydroxylation sites is 1. The van der Waals surface area contributed by atoms with Gasteiger partial charge in [0.1, 0.15) is 17.0 Å². The van der Waals surface area contributed by atoms with Gasteiger partial charge in [-0.05, 0) is 18.2 Å². The first kappa shape index (κ1) is 17.8. The first-order valence-corrected chi connectivity index (χ1v) is 9.28. The topological polar surface area (TPSA) is 56.3 Å². The zero-order valence-electron chi connectivity index (χ0n) is 14.0. The van der Waals surface area contributed by atoms with Crippen LogP contribution in [0.4, 0.5) is 23.4 Å². The summed E-state index contributed by atoms with van der Waals surface area (Å²) in [7, 11) is 3.09. The van der Waals surface area contributed by atoms with Crippen molar-refractivity contribution in [2.24, 2.45) is 0 Å². The molecule has 0 bridgehead atoms. The molecule has 0 saturated carbocycles. The number of alkyl halides is 3. The van der Waals surface area contributed by atoms with Gasteiger partial charge in [-0.2, -0.15) is 13.2 Å². The van der Waals surface area contributed by atoms with Gasteiger partial charge in [0.15, 0.2) is 10.3 Å². The average molecular weight is 411 g/mol. The van der Waals surface area contributed by atoms with Crippen molar-refractivity contribution in [3.63, 3.8) is 0 Å². The van der Waals surface area contributed by atoms with E-state index in [0.29, 0.717) is 32.0 Å². The second kappa shape index (κ2) is 6.54. The summed E-state index contributed by atoms with van der Waals surface area (Å²) < 4.78 is 51.3. The van der Waals surface area contributed by atoms with Crippen LogP contribution >= 0.6 is 22.7 Å². The lowest BCUT2D eigenvalue weighted by atomic mass is 10.2. The fourth-order valence-corrected chi connectivity index (χ4v) is 4.49.